The fourth-order valence-corrected chi connectivity index (χ4v) is 2.73. The molecule has 4 heteroatoms. The summed E-state index contributed by atoms with van der Waals surface area (Å²) in [7, 11) is 0. The zero-order valence-electron chi connectivity index (χ0n) is 12.3. The largest absolute Gasteiger partial charge is 0.393 e. The molecule has 0 bridgehead atoms. The van der Waals surface area contributed by atoms with Gasteiger partial charge >= 0.3 is 0 Å². The first kappa shape index (κ1) is 15.0. The van der Waals surface area contributed by atoms with E-state index in [-0.39, 0.29) is 18.1 Å². The number of hydrogen-bond acceptors (Lipinski definition) is 3. The van der Waals surface area contributed by atoms with Crippen LogP contribution in [0.25, 0.3) is 0 Å². The Balaban J connectivity index is 2.05. The minimum Gasteiger partial charge on any atom is -0.393 e. The number of rotatable bonds is 4. The highest BCUT2D eigenvalue weighted by molar-refractivity contribution is 5.96. The molecule has 1 aliphatic rings. The van der Waals surface area contributed by atoms with Gasteiger partial charge in [-0.3, -0.25) is 9.69 Å². The van der Waals surface area contributed by atoms with Gasteiger partial charge in [0.25, 0.3) is 0 Å². The molecular formula is C16H24N2O2. The summed E-state index contributed by atoms with van der Waals surface area (Å²) in [6.45, 7) is 6.22. The summed E-state index contributed by atoms with van der Waals surface area (Å²) in [4.78, 5) is 16.7. The number of likely N-dealkylation sites (N-methyl/N-ethyl adjacent to an activating group) is 1. The van der Waals surface area contributed by atoms with Gasteiger partial charge in [0, 0.05) is 25.3 Å². The maximum absolute atomic E-state index is 12.7. The first-order chi connectivity index (χ1) is 9.63. The van der Waals surface area contributed by atoms with Crippen LogP contribution >= 0.6 is 0 Å². The number of amides is 1. The summed E-state index contributed by atoms with van der Waals surface area (Å²) < 4.78 is 0. The van der Waals surface area contributed by atoms with Gasteiger partial charge in [0.2, 0.25) is 5.91 Å². The molecule has 0 aliphatic carbocycles. The maximum Gasteiger partial charge on any atom is 0.244 e. The third-order valence-corrected chi connectivity index (χ3v) is 4.05. The van der Waals surface area contributed by atoms with Gasteiger partial charge in [-0.1, -0.05) is 18.2 Å². The summed E-state index contributed by atoms with van der Waals surface area (Å²) >= 11 is 0. The Morgan fingerprint density at radius 2 is 1.95 bits per heavy atom. The van der Waals surface area contributed by atoms with Crippen LogP contribution in [0, 0.1) is 0 Å². The molecule has 0 spiro atoms. The van der Waals surface area contributed by atoms with Gasteiger partial charge in [0.15, 0.2) is 0 Å². The van der Waals surface area contributed by atoms with Crippen molar-refractivity contribution in [1.29, 1.82) is 0 Å². The van der Waals surface area contributed by atoms with E-state index in [1.165, 1.54) is 0 Å². The first-order valence-electron chi connectivity index (χ1n) is 7.42. The van der Waals surface area contributed by atoms with Gasteiger partial charge in [-0.15, -0.1) is 0 Å². The molecule has 1 aromatic carbocycles. The van der Waals surface area contributed by atoms with Gasteiger partial charge < -0.3 is 10.0 Å². The quantitative estimate of drug-likeness (QED) is 0.913. The highest BCUT2D eigenvalue weighted by Crippen LogP contribution is 2.18. The Morgan fingerprint density at radius 1 is 1.35 bits per heavy atom. The first-order valence-corrected chi connectivity index (χ1v) is 7.42. The lowest BCUT2D eigenvalue weighted by Gasteiger charge is -2.36. The van der Waals surface area contributed by atoms with E-state index in [9.17, 15) is 9.90 Å². The van der Waals surface area contributed by atoms with Crippen molar-refractivity contribution in [3.8, 4) is 0 Å². The lowest BCUT2D eigenvalue weighted by molar-refractivity contribution is -0.124. The van der Waals surface area contributed by atoms with Crippen molar-refractivity contribution in [3.63, 3.8) is 0 Å². The molecule has 1 atom stereocenters. The second-order valence-corrected chi connectivity index (χ2v) is 5.36. The standard InChI is InChI=1S/C16H24N2O2/c1-3-18(14-7-5-4-6-8-14)16(20)13(2)17-11-9-15(19)10-12-17/h4-8,13,15,19H,3,9-12H2,1-2H3/t13-/m1/s1. The molecule has 1 aromatic rings. The number of likely N-dealkylation sites (tertiary alicyclic amines) is 1. The number of aliphatic hydroxyl groups is 1. The predicted octanol–water partition coefficient (Wildman–Crippen LogP) is 1.88. The Morgan fingerprint density at radius 3 is 2.50 bits per heavy atom. The van der Waals surface area contributed by atoms with E-state index in [1.807, 2.05) is 49.1 Å². The molecule has 0 radical (unpaired) electrons. The molecule has 1 N–H and O–H groups in total. The molecule has 1 fully saturated rings. The van der Waals surface area contributed by atoms with Crippen molar-refractivity contribution >= 4 is 11.6 Å². The summed E-state index contributed by atoms with van der Waals surface area (Å²) in [6.07, 6.45) is 1.31. The van der Waals surface area contributed by atoms with Crippen LogP contribution in [0.3, 0.4) is 0 Å². The second kappa shape index (κ2) is 6.86. The van der Waals surface area contributed by atoms with Crippen molar-refractivity contribution in [2.45, 2.75) is 38.8 Å². The second-order valence-electron chi connectivity index (χ2n) is 5.36. The van der Waals surface area contributed by atoms with Crippen molar-refractivity contribution in [1.82, 2.24) is 4.90 Å². The summed E-state index contributed by atoms with van der Waals surface area (Å²) in [5.41, 5.74) is 0.948. The lowest BCUT2D eigenvalue weighted by Crippen LogP contribution is -2.50. The zero-order chi connectivity index (χ0) is 14.5. The Labute approximate surface area is 121 Å². The topological polar surface area (TPSA) is 43.8 Å². The molecule has 1 aliphatic heterocycles. The van der Waals surface area contributed by atoms with Gasteiger partial charge in [-0.2, -0.15) is 0 Å². The SMILES string of the molecule is CCN(C(=O)[C@@H](C)N1CCC(O)CC1)c1ccccc1. The fourth-order valence-electron chi connectivity index (χ4n) is 2.73. The summed E-state index contributed by atoms with van der Waals surface area (Å²) in [5.74, 6) is 0.134. The molecule has 1 saturated heterocycles. The molecular weight excluding hydrogens is 252 g/mol. The summed E-state index contributed by atoms with van der Waals surface area (Å²) in [5, 5.41) is 9.56. The summed E-state index contributed by atoms with van der Waals surface area (Å²) in [6, 6.07) is 9.66. The number of carbonyl (C=O) groups is 1. The van der Waals surface area contributed by atoms with E-state index in [0.717, 1.165) is 31.6 Å². The van der Waals surface area contributed by atoms with Crippen molar-refractivity contribution in [2.24, 2.45) is 0 Å². The van der Waals surface area contributed by atoms with Gasteiger partial charge in [0.05, 0.1) is 12.1 Å². The monoisotopic (exact) mass is 276 g/mol. The van der Waals surface area contributed by atoms with E-state index < -0.39 is 0 Å². The van der Waals surface area contributed by atoms with Crippen LogP contribution in [0.1, 0.15) is 26.7 Å². The van der Waals surface area contributed by atoms with E-state index in [2.05, 4.69) is 4.90 Å². The molecule has 110 valence electrons. The third kappa shape index (κ3) is 3.38. The number of nitrogens with zero attached hydrogens (tertiary/aromatic N) is 2. The lowest BCUT2D eigenvalue weighted by atomic mass is 10.1. The van der Waals surface area contributed by atoms with Gasteiger partial charge in [-0.25, -0.2) is 0 Å². The molecule has 0 unspecified atom stereocenters. The fraction of sp³-hybridized carbons (Fsp3) is 0.562. The van der Waals surface area contributed by atoms with E-state index in [4.69, 9.17) is 0 Å². The molecule has 1 heterocycles. The molecule has 2 rings (SSSR count). The smallest absolute Gasteiger partial charge is 0.244 e. The Bertz CT molecular complexity index is 427. The maximum atomic E-state index is 12.7. The van der Waals surface area contributed by atoms with E-state index in [0.29, 0.717) is 6.54 Å². The average Bonchev–Trinajstić information content (AvgIpc) is 2.49. The van der Waals surface area contributed by atoms with Crippen molar-refractivity contribution in [2.75, 3.05) is 24.5 Å². The normalized spacial score (nSPS) is 18.8. The van der Waals surface area contributed by atoms with E-state index >= 15 is 0 Å². The minimum absolute atomic E-state index is 0.134. The van der Waals surface area contributed by atoms with Crippen LogP contribution in [-0.4, -0.2) is 47.7 Å². The van der Waals surface area contributed by atoms with Gasteiger partial charge in [0.1, 0.15) is 0 Å². The van der Waals surface area contributed by atoms with Crippen LogP contribution < -0.4 is 4.90 Å². The molecule has 0 saturated carbocycles. The van der Waals surface area contributed by atoms with Crippen LogP contribution in [0.2, 0.25) is 0 Å². The number of benzene rings is 1. The van der Waals surface area contributed by atoms with Crippen LogP contribution in [0.5, 0.6) is 0 Å². The van der Waals surface area contributed by atoms with E-state index in [1.54, 1.807) is 0 Å². The number of para-hydroxylation sites is 1. The van der Waals surface area contributed by atoms with Crippen molar-refractivity contribution < 1.29 is 9.90 Å². The third-order valence-electron chi connectivity index (χ3n) is 4.05. The molecule has 20 heavy (non-hydrogen) atoms. The molecule has 1 amide bonds. The minimum atomic E-state index is -0.204. The van der Waals surface area contributed by atoms with Crippen LogP contribution in [-0.2, 0) is 4.79 Å². The highest BCUT2D eigenvalue weighted by Gasteiger charge is 2.28. The Kier molecular flexibility index (Phi) is 5.15. The molecule has 4 nitrogen and oxygen atoms in total. The zero-order valence-corrected chi connectivity index (χ0v) is 12.3. The molecule has 0 aromatic heterocycles. The highest BCUT2D eigenvalue weighted by atomic mass is 16.3. The Hall–Kier alpha value is -1.39. The average molecular weight is 276 g/mol. The number of anilines is 1. The number of aliphatic hydroxyl groups excluding tert-OH is 1. The number of piperidine rings is 1. The number of hydrogen-bond donors (Lipinski definition) is 1. The van der Waals surface area contributed by atoms with Gasteiger partial charge in [-0.05, 0) is 38.8 Å². The predicted molar refractivity (Wildman–Crippen MR) is 80.7 cm³/mol. The van der Waals surface area contributed by atoms with Crippen molar-refractivity contribution in [3.05, 3.63) is 30.3 Å². The number of carbonyl (C=O) groups excluding carboxylic acids is 1. The van der Waals surface area contributed by atoms with Crippen LogP contribution in [0.4, 0.5) is 5.69 Å². The van der Waals surface area contributed by atoms with Crippen LogP contribution in [0.15, 0.2) is 30.3 Å².